The average Bonchev–Trinajstić information content (AvgIpc) is 2.53. The van der Waals surface area contributed by atoms with Crippen molar-refractivity contribution in [1.29, 1.82) is 0 Å². The maximum absolute atomic E-state index is 11.8. The molecular formula is C8H10N4O2S. The molecular weight excluding hydrogens is 216 g/mol. The Morgan fingerprint density at radius 1 is 1.53 bits per heavy atom. The second kappa shape index (κ2) is 3.50. The number of nitrogens with two attached hydrogens (primary N) is 1. The van der Waals surface area contributed by atoms with E-state index in [1.54, 1.807) is 0 Å². The van der Waals surface area contributed by atoms with E-state index in [4.69, 9.17) is 5.73 Å². The third-order valence-electron chi connectivity index (χ3n) is 2.00. The summed E-state index contributed by atoms with van der Waals surface area (Å²) in [4.78, 5) is 29.7. The Bertz CT molecular complexity index is 609. The first-order chi connectivity index (χ1) is 7.13. The molecule has 0 fully saturated rings. The predicted octanol–water partition coefficient (Wildman–Crippen LogP) is 0.139. The molecule has 0 unspecified atom stereocenters. The first-order valence-electron chi connectivity index (χ1n) is 4.52. The molecule has 0 saturated heterocycles. The monoisotopic (exact) mass is 226 g/mol. The third-order valence-corrected chi connectivity index (χ3v) is 2.87. The van der Waals surface area contributed by atoms with Gasteiger partial charge in [-0.25, -0.2) is 9.78 Å². The minimum atomic E-state index is -0.431. The van der Waals surface area contributed by atoms with Gasteiger partial charge in [0.15, 0.2) is 10.8 Å². The number of thiazole rings is 1. The first-order valence-corrected chi connectivity index (χ1v) is 5.34. The molecule has 0 aliphatic rings. The van der Waals surface area contributed by atoms with Crippen LogP contribution in [0.5, 0.6) is 0 Å². The van der Waals surface area contributed by atoms with Gasteiger partial charge in [0.05, 0.1) is 0 Å². The molecule has 3 N–H and O–H groups in total. The van der Waals surface area contributed by atoms with E-state index < -0.39 is 5.69 Å². The minimum Gasteiger partial charge on any atom is -0.375 e. The van der Waals surface area contributed by atoms with Gasteiger partial charge in [0, 0.05) is 6.54 Å². The lowest BCUT2D eigenvalue weighted by Gasteiger charge is -2.00. The van der Waals surface area contributed by atoms with Crippen LogP contribution >= 0.6 is 11.3 Å². The van der Waals surface area contributed by atoms with E-state index in [0.29, 0.717) is 11.2 Å². The number of fused-ring (bicyclic) bond motifs is 1. The summed E-state index contributed by atoms with van der Waals surface area (Å²) >= 11 is 1.09. The van der Waals surface area contributed by atoms with E-state index in [1.165, 1.54) is 4.57 Å². The van der Waals surface area contributed by atoms with Gasteiger partial charge in [0.25, 0.3) is 5.56 Å². The van der Waals surface area contributed by atoms with Crippen LogP contribution in [-0.4, -0.2) is 14.5 Å². The Balaban J connectivity index is 2.83. The van der Waals surface area contributed by atoms with Gasteiger partial charge in [-0.1, -0.05) is 18.3 Å². The summed E-state index contributed by atoms with van der Waals surface area (Å²) in [6.45, 7) is 2.30. The maximum atomic E-state index is 11.8. The molecule has 6 nitrogen and oxygen atoms in total. The summed E-state index contributed by atoms with van der Waals surface area (Å²) in [6, 6.07) is 0. The fourth-order valence-electron chi connectivity index (χ4n) is 1.38. The molecule has 0 aromatic carbocycles. The van der Waals surface area contributed by atoms with Crippen LogP contribution in [0.25, 0.3) is 10.3 Å². The van der Waals surface area contributed by atoms with E-state index in [-0.39, 0.29) is 16.3 Å². The highest BCUT2D eigenvalue weighted by molar-refractivity contribution is 7.21. The average molecular weight is 226 g/mol. The number of rotatable bonds is 2. The smallest absolute Gasteiger partial charge is 0.330 e. The topological polar surface area (TPSA) is 93.8 Å². The molecule has 0 aliphatic heterocycles. The van der Waals surface area contributed by atoms with Gasteiger partial charge in [-0.05, 0) is 6.42 Å². The van der Waals surface area contributed by atoms with Crippen LogP contribution in [0.4, 0.5) is 5.13 Å². The zero-order valence-corrected chi connectivity index (χ0v) is 8.93. The zero-order chi connectivity index (χ0) is 11.0. The standard InChI is InChI=1S/C8H10N4O2S/c1-2-3-12-6(13)4-5(11-8(12)14)10-7(9)15-4/h2-3H2,1H3,(H2,9,10)(H,11,14). The molecule has 2 heterocycles. The predicted molar refractivity (Wildman–Crippen MR) is 59.2 cm³/mol. The molecule has 7 heteroatoms. The minimum absolute atomic E-state index is 0.278. The summed E-state index contributed by atoms with van der Waals surface area (Å²) in [5.41, 5.74) is 5.00. The fourth-order valence-corrected chi connectivity index (χ4v) is 2.11. The second-order valence-corrected chi connectivity index (χ2v) is 4.15. The van der Waals surface area contributed by atoms with Crippen molar-refractivity contribution in [3.8, 4) is 0 Å². The number of aromatic amines is 1. The Labute approximate surface area is 88.4 Å². The van der Waals surface area contributed by atoms with Crippen molar-refractivity contribution in [2.45, 2.75) is 19.9 Å². The van der Waals surface area contributed by atoms with E-state index in [2.05, 4.69) is 9.97 Å². The van der Waals surface area contributed by atoms with E-state index in [9.17, 15) is 9.59 Å². The van der Waals surface area contributed by atoms with Crippen molar-refractivity contribution < 1.29 is 0 Å². The highest BCUT2D eigenvalue weighted by Crippen LogP contribution is 2.16. The summed E-state index contributed by atoms with van der Waals surface area (Å²) in [5, 5.41) is 0.284. The summed E-state index contributed by atoms with van der Waals surface area (Å²) in [5.74, 6) is 0. The van der Waals surface area contributed by atoms with E-state index in [0.717, 1.165) is 17.8 Å². The lowest BCUT2D eigenvalue weighted by Crippen LogP contribution is -2.34. The summed E-state index contributed by atoms with van der Waals surface area (Å²) < 4.78 is 1.57. The zero-order valence-electron chi connectivity index (χ0n) is 8.11. The van der Waals surface area contributed by atoms with E-state index >= 15 is 0 Å². The number of H-pyrrole nitrogens is 1. The molecule has 0 aliphatic carbocycles. The Hall–Kier alpha value is -1.63. The molecule has 0 bridgehead atoms. The van der Waals surface area contributed by atoms with Gasteiger partial charge in [0.1, 0.15) is 4.70 Å². The number of hydrogen-bond acceptors (Lipinski definition) is 5. The molecule has 0 amide bonds. The third kappa shape index (κ3) is 1.54. The van der Waals surface area contributed by atoms with Crippen molar-refractivity contribution in [1.82, 2.24) is 14.5 Å². The number of anilines is 1. The van der Waals surface area contributed by atoms with Crippen LogP contribution in [0.3, 0.4) is 0 Å². The number of aromatic nitrogens is 3. The molecule has 0 atom stereocenters. The molecule has 2 rings (SSSR count). The highest BCUT2D eigenvalue weighted by Gasteiger charge is 2.10. The second-order valence-electron chi connectivity index (χ2n) is 3.12. The van der Waals surface area contributed by atoms with Gasteiger partial charge in [0.2, 0.25) is 0 Å². The van der Waals surface area contributed by atoms with Crippen LogP contribution in [0.1, 0.15) is 13.3 Å². The maximum Gasteiger partial charge on any atom is 0.330 e. The Morgan fingerprint density at radius 3 is 2.93 bits per heavy atom. The van der Waals surface area contributed by atoms with Gasteiger partial charge < -0.3 is 5.73 Å². The van der Waals surface area contributed by atoms with Gasteiger partial charge >= 0.3 is 5.69 Å². The molecule has 0 saturated carbocycles. The molecule has 15 heavy (non-hydrogen) atoms. The number of nitrogen functional groups attached to an aromatic ring is 1. The van der Waals surface area contributed by atoms with Crippen molar-refractivity contribution in [2.75, 3.05) is 5.73 Å². The van der Waals surface area contributed by atoms with Crippen LogP contribution in [0.15, 0.2) is 9.59 Å². The normalized spacial score (nSPS) is 11.0. The van der Waals surface area contributed by atoms with Crippen molar-refractivity contribution in [3.63, 3.8) is 0 Å². The molecule has 80 valence electrons. The van der Waals surface area contributed by atoms with Crippen LogP contribution < -0.4 is 17.0 Å². The lowest BCUT2D eigenvalue weighted by molar-refractivity contribution is 0.623. The number of hydrogen-bond donors (Lipinski definition) is 2. The molecule has 0 spiro atoms. The highest BCUT2D eigenvalue weighted by atomic mass is 32.1. The van der Waals surface area contributed by atoms with Gasteiger partial charge in [-0.15, -0.1) is 0 Å². The van der Waals surface area contributed by atoms with Gasteiger partial charge in [-0.3, -0.25) is 14.3 Å². The number of nitrogens with zero attached hydrogens (tertiary/aromatic N) is 2. The molecule has 2 aromatic heterocycles. The summed E-state index contributed by atoms with van der Waals surface area (Å²) in [7, 11) is 0. The van der Waals surface area contributed by atoms with Crippen LogP contribution in [-0.2, 0) is 6.54 Å². The quantitative estimate of drug-likeness (QED) is 0.761. The first kappa shape index (κ1) is 9.91. The fraction of sp³-hybridized carbons (Fsp3) is 0.375. The van der Waals surface area contributed by atoms with Crippen LogP contribution in [0, 0.1) is 0 Å². The van der Waals surface area contributed by atoms with Crippen LogP contribution in [0.2, 0.25) is 0 Å². The van der Waals surface area contributed by atoms with Crippen molar-refractivity contribution in [2.24, 2.45) is 0 Å². The largest absolute Gasteiger partial charge is 0.375 e. The SMILES string of the molecule is CCCn1c(=O)[nH]c2nc(N)sc2c1=O. The molecule has 0 radical (unpaired) electrons. The Kier molecular flexibility index (Phi) is 2.31. The van der Waals surface area contributed by atoms with E-state index in [1.807, 2.05) is 6.92 Å². The number of nitrogens with one attached hydrogen (secondary N) is 1. The van der Waals surface area contributed by atoms with Crippen molar-refractivity contribution >= 4 is 26.8 Å². The van der Waals surface area contributed by atoms with Crippen molar-refractivity contribution in [3.05, 3.63) is 20.8 Å². The van der Waals surface area contributed by atoms with Gasteiger partial charge in [-0.2, -0.15) is 0 Å². The molecule has 2 aromatic rings. The summed E-state index contributed by atoms with van der Waals surface area (Å²) in [6.07, 6.45) is 0.725. The lowest BCUT2D eigenvalue weighted by atomic mass is 10.4. The Morgan fingerprint density at radius 2 is 2.27 bits per heavy atom.